The van der Waals surface area contributed by atoms with Crippen LogP contribution in [0.5, 0.6) is 5.75 Å². The van der Waals surface area contributed by atoms with E-state index in [2.05, 4.69) is 5.32 Å². The number of anilines is 1. The number of carbonyl (C=O) groups excluding carboxylic acids is 2. The van der Waals surface area contributed by atoms with Crippen LogP contribution < -0.4 is 14.4 Å². The van der Waals surface area contributed by atoms with Gasteiger partial charge in [0.1, 0.15) is 18.3 Å². The zero-order valence-electron chi connectivity index (χ0n) is 25.4. The third-order valence-corrected chi connectivity index (χ3v) is 9.63. The zero-order valence-corrected chi connectivity index (χ0v) is 26.2. The third kappa shape index (κ3) is 8.16. The number of rotatable bonds is 13. The number of nitrogens with zero attached hydrogens (tertiary/aromatic N) is 2. The molecule has 8 nitrogen and oxygen atoms in total. The molecule has 1 saturated carbocycles. The Morgan fingerprint density at radius 3 is 2.21 bits per heavy atom. The smallest absolute Gasteiger partial charge is 0.264 e. The van der Waals surface area contributed by atoms with Gasteiger partial charge in [0, 0.05) is 12.6 Å². The molecule has 1 unspecified atom stereocenters. The topological polar surface area (TPSA) is 96.0 Å². The lowest BCUT2D eigenvalue weighted by Gasteiger charge is -2.34. The first kappa shape index (κ1) is 32.1. The second kappa shape index (κ2) is 15.0. The predicted molar refractivity (Wildman–Crippen MR) is 169 cm³/mol. The molecule has 3 aromatic carbocycles. The molecule has 0 bridgehead atoms. The third-order valence-electron chi connectivity index (χ3n) is 7.85. The molecule has 0 aliphatic heterocycles. The molecule has 1 aliphatic rings. The van der Waals surface area contributed by atoms with Gasteiger partial charge in [0.2, 0.25) is 11.8 Å². The van der Waals surface area contributed by atoms with Gasteiger partial charge in [-0.25, -0.2) is 8.42 Å². The fraction of sp³-hybridized carbons (Fsp3) is 0.412. The lowest BCUT2D eigenvalue weighted by molar-refractivity contribution is -0.140. The Bertz CT molecular complexity index is 1450. The van der Waals surface area contributed by atoms with E-state index in [0.29, 0.717) is 18.8 Å². The molecule has 0 radical (unpaired) electrons. The molecule has 1 N–H and O–H groups in total. The molecule has 9 heteroatoms. The Morgan fingerprint density at radius 2 is 1.56 bits per heavy atom. The molecule has 2 amide bonds. The molecule has 1 aliphatic carbocycles. The first-order chi connectivity index (χ1) is 20.7. The van der Waals surface area contributed by atoms with Gasteiger partial charge in [0.25, 0.3) is 10.0 Å². The summed E-state index contributed by atoms with van der Waals surface area (Å²) < 4.78 is 35.1. The number of carbonyl (C=O) groups is 2. The van der Waals surface area contributed by atoms with Gasteiger partial charge in [-0.2, -0.15) is 0 Å². The van der Waals surface area contributed by atoms with Crippen molar-refractivity contribution in [1.29, 1.82) is 0 Å². The van der Waals surface area contributed by atoms with E-state index in [1.165, 1.54) is 17.0 Å². The summed E-state index contributed by atoms with van der Waals surface area (Å²) in [6.45, 7) is 5.67. The maximum atomic E-state index is 14.3. The molecule has 0 saturated heterocycles. The normalized spacial score (nSPS) is 14.5. The Balaban J connectivity index is 1.73. The molecular formula is C34H43N3O5S. The summed E-state index contributed by atoms with van der Waals surface area (Å²) in [5, 5.41) is 3.18. The maximum absolute atomic E-state index is 14.3. The Hall–Kier alpha value is -3.85. The maximum Gasteiger partial charge on any atom is 0.264 e. The monoisotopic (exact) mass is 605 g/mol. The average Bonchev–Trinajstić information content (AvgIpc) is 3.02. The van der Waals surface area contributed by atoms with E-state index >= 15 is 0 Å². The summed E-state index contributed by atoms with van der Waals surface area (Å²) in [4.78, 5) is 29.6. The molecule has 0 spiro atoms. The van der Waals surface area contributed by atoms with Gasteiger partial charge in [0.05, 0.1) is 17.2 Å². The molecule has 0 heterocycles. The van der Waals surface area contributed by atoms with Crippen molar-refractivity contribution in [1.82, 2.24) is 10.2 Å². The van der Waals surface area contributed by atoms with Gasteiger partial charge in [0.15, 0.2) is 0 Å². The molecule has 1 fully saturated rings. The summed E-state index contributed by atoms with van der Waals surface area (Å²) in [5.74, 6) is -0.330. The van der Waals surface area contributed by atoms with E-state index in [-0.39, 0.29) is 29.1 Å². The van der Waals surface area contributed by atoms with Crippen LogP contribution in [0.1, 0.15) is 63.5 Å². The van der Waals surface area contributed by atoms with Gasteiger partial charge in [-0.1, -0.05) is 86.3 Å². The van der Waals surface area contributed by atoms with Crippen molar-refractivity contribution < 1.29 is 22.7 Å². The second-order valence-corrected chi connectivity index (χ2v) is 12.9. The van der Waals surface area contributed by atoms with Gasteiger partial charge >= 0.3 is 0 Å². The number of para-hydroxylation sites is 2. The lowest BCUT2D eigenvalue weighted by atomic mass is 9.95. The summed E-state index contributed by atoms with van der Waals surface area (Å²) in [6.07, 6.45) is 5.53. The van der Waals surface area contributed by atoms with Crippen LogP contribution in [0.3, 0.4) is 0 Å². The van der Waals surface area contributed by atoms with Crippen molar-refractivity contribution in [2.24, 2.45) is 0 Å². The van der Waals surface area contributed by atoms with Crippen molar-refractivity contribution >= 4 is 27.5 Å². The van der Waals surface area contributed by atoms with Crippen LogP contribution in [0.2, 0.25) is 0 Å². The standard InChI is InChI=1S/C34H43N3O5S/c1-4-30(34(39)35-28-14-8-6-9-15-28)36(24-27-22-20-26(3)21-23-27)33(38)25-37(31-18-12-13-19-32(31)42-5-2)43(40,41)29-16-10-7-11-17-29/h7,10-13,16-23,28,30H,4-6,8-9,14-15,24-25H2,1-3H3,(H,35,39). The molecule has 0 aromatic heterocycles. The van der Waals surface area contributed by atoms with E-state index < -0.39 is 28.5 Å². The van der Waals surface area contributed by atoms with Gasteiger partial charge in [-0.3, -0.25) is 13.9 Å². The van der Waals surface area contributed by atoms with Crippen molar-refractivity contribution in [2.75, 3.05) is 17.5 Å². The van der Waals surface area contributed by atoms with Gasteiger partial charge < -0.3 is 15.0 Å². The van der Waals surface area contributed by atoms with Gasteiger partial charge in [-0.05, 0) is 62.9 Å². The SMILES string of the molecule is CCOc1ccccc1N(CC(=O)N(Cc1ccc(C)cc1)C(CC)C(=O)NC1CCCCC1)S(=O)(=O)c1ccccc1. The molecule has 1 atom stereocenters. The fourth-order valence-corrected chi connectivity index (χ4v) is 6.97. The Labute approximate surface area is 256 Å². The Morgan fingerprint density at radius 1 is 0.907 bits per heavy atom. The predicted octanol–water partition coefficient (Wildman–Crippen LogP) is 5.85. The highest BCUT2D eigenvalue weighted by Gasteiger charge is 2.35. The lowest BCUT2D eigenvalue weighted by Crippen LogP contribution is -2.54. The fourth-order valence-electron chi connectivity index (χ4n) is 5.53. The summed E-state index contributed by atoms with van der Waals surface area (Å²) in [7, 11) is -4.17. The number of hydrogen-bond acceptors (Lipinski definition) is 5. The van der Waals surface area contributed by atoms with Crippen LogP contribution in [0.15, 0.2) is 83.8 Å². The number of benzene rings is 3. The van der Waals surface area contributed by atoms with E-state index in [9.17, 15) is 18.0 Å². The van der Waals surface area contributed by atoms with Gasteiger partial charge in [-0.15, -0.1) is 0 Å². The quantitative estimate of drug-likeness (QED) is 0.264. The van der Waals surface area contributed by atoms with Crippen molar-refractivity contribution in [3.63, 3.8) is 0 Å². The van der Waals surface area contributed by atoms with Crippen molar-refractivity contribution in [3.05, 3.63) is 90.0 Å². The molecule has 3 aromatic rings. The highest BCUT2D eigenvalue weighted by molar-refractivity contribution is 7.92. The van der Waals surface area contributed by atoms with Crippen LogP contribution in [-0.4, -0.2) is 50.4 Å². The Kier molecular flexibility index (Phi) is 11.2. The number of hydrogen-bond donors (Lipinski definition) is 1. The summed E-state index contributed by atoms with van der Waals surface area (Å²) in [5.41, 5.74) is 2.20. The first-order valence-corrected chi connectivity index (χ1v) is 16.6. The average molecular weight is 606 g/mol. The van der Waals surface area contributed by atoms with Crippen molar-refractivity contribution in [2.45, 2.75) is 82.8 Å². The molecule has 43 heavy (non-hydrogen) atoms. The van der Waals surface area contributed by atoms with E-state index in [0.717, 1.165) is 47.5 Å². The summed E-state index contributed by atoms with van der Waals surface area (Å²) in [6, 6.07) is 22.0. The minimum atomic E-state index is -4.17. The van der Waals surface area contributed by atoms with Crippen LogP contribution in [0.25, 0.3) is 0 Å². The second-order valence-electron chi connectivity index (χ2n) is 11.0. The van der Waals surface area contributed by atoms with Crippen molar-refractivity contribution in [3.8, 4) is 5.75 Å². The number of ether oxygens (including phenoxy) is 1. The number of nitrogens with one attached hydrogen (secondary N) is 1. The minimum absolute atomic E-state index is 0.0567. The molecule has 230 valence electrons. The number of aryl methyl sites for hydroxylation is 1. The van der Waals surface area contributed by atoms with Crippen LogP contribution >= 0.6 is 0 Å². The zero-order chi connectivity index (χ0) is 30.8. The summed E-state index contributed by atoms with van der Waals surface area (Å²) >= 11 is 0. The highest BCUT2D eigenvalue weighted by Crippen LogP contribution is 2.33. The van der Waals surface area contributed by atoms with Crippen LogP contribution in [0, 0.1) is 6.92 Å². The first-order valence-electron chi connectivity index (χ1n) is 15.2. The molecule has 4 rings (SSSR count). The van der Waals surface area contributed by atoms with Crippen LogP contribution in [0.4, 0.5) is 5.69 Å². The van der Waals surface area contributed by atoms with E-state index in [1.807, 2.05) is 45.0 Å². The molecular weight excluding hydrogens is 562 g/mol. The van der Waals surface area contributed by atoms with E-state index in [4.69, 9.17) is 4.74 Å². The van der Waals surface area contributed by atoms with E-state index in [1.54, 1.807) is 42.5 Å². The number of amides is 2. The highest BCUT2D eigenvalue weighted by atomic mass is 32.2. The minimum Gasteiger partial charge on any atom is -0.492 e. The number of sulfonamides is 1. The van der Waals surface area contributed by atoms with Crippen LogP contribution in [-0.2, 0) is 26.2 Å². The largest absolute Gasteiger partial charge is 0.492 e.